The number of hydrogen-bond donors (Lipinski definition) is 0. The SMILES string of the molecule is O=C(c1ccc2c(c1)c(Cl)cn2-c1ccc(F)cc1)N1CC(N2CCN(C(=O)c3nccs3)CC2)C1.O=C(c1ccc2c(ccn2-c2ccc(F)cc2)c1)N1CC(N2CCN(C(=O)c3nccs3)CC2)C1.O=C1CCC(=O)N1Cl. The zero-order chi connectivity index (χ0) is 54.9. The van der Waals surface area contributed by atoms with Gasteiger partial charge in [0.1, 0.15) is 11.6 Å². The highest BCUT2D eigenvalue weighted by molar-refractivity contribution is 7.11. The number of likely N-dealkylation sites (tertiary alicyclic amines) is 2. The van der Waals surface area contributed by atoms with Crippen molar-refractivity contribution >= 4 is 103 Å². The highest BCUT2D eigenvalue weighted by atomic mass is 35.5. The van der Waals surface area contributed by atoms with Gasteiger partial charge in [0, 0.05) is 184 Å². The molecule has 0 atom stereocenters. The maximum Gasteiger partial charge on any atom is 0.282 e. The average molecular weight is 1150 g/mol. The molecule has 4 aromatic heterocycles. The Hall–Kier alpha value is -7.40. The third kappa shape index (κ3) is 11.4. The van der Waals surface area contributed by atoms with E-state index >= 15 is 0 Å². The molecule has 0 saturated carbocycles. The van der Waals surface area contributed by atoms with Crippen LogP contribution in [0.15, 0.2) is 127 Å². The Morgan fingerprint density at radius 3 is 1.43 bits per heavy atom. The molecule has 17 nitrogen and oxygen atoms in total. The van der Waals surface area contributed by atoms with Crippen LogP contribution in [0.25, 0.3) is 33.2 Å². The summed E-state index contributed by atoms with van der Waals surface area (Å²) < 4.78 is 31.1. The second-order valence-electron chi connectivity index (χ2n) is 19.6. The van der Waals surface area contributed by atoms with E-state index in [2.05, 4.69) is 19.8 Å². The Labute approximate surface area is 470 Å². The summed E-state index contributed by atoms with van der Waals surface area (Å²) in [5.41, 5.74) is 4.77. The van der Waals surface area contributed by atoms with Crippen LogP contribution in [0.3, 0.4) is 0 Å². The summed E-state index contributed by atoms with van der Waals surface area (Å²) in [5.74, 6) is -1.13. The summed E-state index contributed by atoms with van der Waals surface area (Å²) in [5, 5.41) is 7.01. The van der Waals surface area contributed by atoms with Gasteiger partial charge in [0.05, 0.1) is 16.1 Å². The summed E-state index contributed by atoms with van der Waals surface area (Å²) in [6, 6.07) is 26.4. The van der Waals surface area contributed by atoms with Gasteiger partial charge in [-0.1, -0.05) is 11.6 Å². The number of halogens is 4. The lowest BCUT2D eigenvalue weighted by Crippen LogP contribution is -2.64. The molecule has 0 aliphatic carbocycles. The molecule has 0 bridgehead atoms. The number of nitrogens with zero attached hydrogens (tertiary/aromatic N) is 11. The van der Waals surface area contributed by atoms with Gasteiger partial charge in [0.15, 0.2) is 10.0 Å². The first kappa shape index (κ1) is 53.6. The standard InChI is InChI=1S/C26H23ClFN5O2S.C26H24FN5O2S.C4H4ClNO2/c27-22-16-33(19-4-2-18(28)3-5-19)23-6-1-17(13-21(22)23)25(34)32-14-20(15-32)30-8-10-31(11-9-30)26(35)24-29-7-12-36-24;27-20-2-4-21(5-3-20)32-9-7-18-15-19(1-6-23(18)32)25(33)31-16-22(17-31)29-10-12-30(13-11-29)26(34)24-28-8-14-35-24;5-6-3(7)1-2-4(6)8/h1-7,12-13,16,20H,8-11,14-15H2;1-9,14-15,22H,10-13,16-17H2;1-2H2. The van der Waals surface area contributed by atoms with E-state index in [9.17, 15) is 37.5 Å². The van der Waals surface area contributed by atoms with Crippen LogP contribution in [0.1, 0.15) is 53.2 Å². The predicted octanol–water partition coefficient (Wildman–Crippen LogP) is 7.96. The van der Waals surface area contributed by atoms with Crippen molar-refractivity contribution in [2.45, 2.75) is 24.9 Å². The smallest absolute Gasteiger partial charge is 0.282 e. The minimum absolute atomic E-state index is 0.00243. The van der Waals surface area contributed by atoms with E-state index in [1.54, 1.807) is 42.9 Å². The van der Waals surface area contributed by atoms with Crippen LogP contribution in [-0.2, 0) is 9.59 Å². The van der Waals surface area contributed by atoms with Crippen molar-refractivity contribution in [2.24, 2.45) is 0 Å². The molecule has 5 aliphatic heterocycles. The summed E-state index contributed by atoms with van der Waals surface area (Å²) in [6.45, 7) is 8.66. The van der Waals surface area contributed by atoms with Gasteiger partial charge < -0.3 is 28.7 Å². The van der Waals surface area contributed by atoms with Gasteiger partial charge in [0.25, 0.3) is 23.6 Å². The molecule has 79 heavy (non-hydrogen) atoms. The zero-order valence-electron chi connectivity index (χ0n) is 42.4. The van der Waals surface area contributed by atoms with Crippen molar-refractivity contribution in [1.29, 1.82) is 0 Å². The Morgan fingerprint density at radius 1 is 0.532 bits per heavy atom. The molecule has 5 fully saturated rings. The molecular formula is C56H51Cl2F2N11O6S2. The number of fused-ring (bicyclic) bond motifs is 2. The molecule has 23 heteroatoms. The Balaban J connectivity index is 0.000000146. The van der Waals surface area contributed by atoms with E-state index in [0.717, 1.165) is 59.4 Å². The lowest BCUT2D eigenvalue weighted by molar-refractivity contribution is -0.132. The zero-order valence-corrected chi connectivity index (χ0v) is 45.5. The van der Waals surface area contributed by atoms with E-state index in [-0.39, 0.29) is 59.9 Å². The third-order valence-corrected chi connectivity index (χ3v) is 17.1. The number of aromatic nitrogens is 4. The molecule has 8 aromatic rings. The normalized spacial score (nSPS) is 17.3. The number of hydrogen-bond acceptors (Lipinski definition) is 12. The van der Waals surface area contributed by atoms with E-state index < -0.39 is 0 Å². The quantitative estimate of drug-likeness (QED) is 0.108. The van der Waals surface area contributed by atoms with Gasteiger partial charge in [-0.05, 0) is 91.0 Å². The fourth-order valence-electron chi connectivity index (χ4n) is 10.4. The fraction of sp³-hybridized carbons (Fsp3) is 0.286. The first-order chi connectivity index (χ1) is 38.3. The van der Waals surface area contributed by atoms with Crippen molar-refractivity contribution in [3.63, 3.8) is 0 Å². The van der Waals surface area contributed by atoms with Gasteiger partial charge in [-0.2, -0.15) is 4.42 Å². The lowest BCUT2D eigenvalue weighted by atomic mass is 10.0. The molecule has 0 unspecified atom stereocenters. The number of benzene rings is 4. The van der Waals surface area contributed by atoms with Crippen molar-refractivity contribution in [1.82, 2.24) is 52.9 Å². The molecule has 6 amide bonds. The number of rotatable bonds is 8. The predicted molar refractivity (Wildman–Crippen MR) is 297 cm³/mol. The number of imide groups is 1. The van der Waals surface area contributed by atoms with Gasteiger partial charge in [-0.3, -0.25) is 38.6 Å². The molecule has 5 saturated heterocycles. The first-order valence-electron chi connectivity index (χ1n) is 25.7. The van der Waals surface area contributed by atoms with E-state index in [1.807, 2.05) is 88.2 Å². The van der Waals surface area contributed by atoms with Crippen LogP contribution >= 0.6 is 46.1 Å². The number of carbonyl (C=O) groups excluding carboxylic acids is 6. The number of piperazine rings is 2. The Bertz CT molecular complexity index is 3540. The average Bonchev–Trinajstić information content (AvgIpc) is 4.37. The minimum atomic E-state index is -0.298. The summed E-state index contributed by atoms with van der Waals surface area (Å²) >= 11 is 14.4. The van der Waals surface area contributed by atoms with Crippen LogP contribution in [0.2, 0.25) is 5.02 Å². The number of thiazole rings is 2. The molecule has 0 spiro atoms. The molecule has 5 aliphatic rings. The largest absolute Gasteiger partial charge is 0.335 e. The van der Waals surface area contributed by atoms with Crippen LogP contribution in [0, 0.1) is 11.6 Å². The molecule has 9 heterocycles. The molecule has 13 rings (SSSR count). The van der Waals surface area contributed by atoms with Gasteiger partial charge in [0.2, 0.25) is 11.8 Å². The second-order valence-corrected chi connectivity index (χ2v) is 22.2. The van der Waals surface area contributed by atoms with Crippen molar-refractivity contribution < 1.29 is 37.5 Å². The van der Waals surface area contributed by atoms with Crippen LogP contribution < -0.4 is 0 Å². The molecule has 0 radical (unpaired) electrons. The van der Waals surface area contributed by atoms with Gasteiger partial charge >= 0.3 is 0 Å². The Morgan fingerprint density at radius 2 is 0.987 bits per heavy atom. The van der Waals surface area contributed by atoms with Gasteiger partial charge in [-0.25, -0.2) is 18.7 Å². The van der Waals surface area contributed by atoms with Crippen LogP contribution in [0.4, 0.5) is 8.78 Å². The number of amides is 6. The van der Waals surface area contributed by atoms with Crippen LogP contribution in [0.5, 0.6) is 0 Å². The first-order valence-corrected chi connectivity index (χ1v) is 28.1. The highest BCUT2D eigenvalue weighted by Crippen LogP contribution is 2.32. The molecule has 0 N–H and O–H groups in total. The second kappa shape index (κ2) is 23.1. The van der Waals surface area contributed by atoms with Gasteiger partial charge in [-0.15, -0.1) is 22.7 Å². The topological polar surface area (TPSA) is 161 Å². The van der Waals surface area contributed by atoms with Crippen molar-refractivity contribution in [3.8, 4) is 11.4 Å². The maximum absolute atomic E-state index is 13.3. The minimum Gasteiger partial charge on any atom is -0.335 e. The highest BCUT2D eigenvalue weighted by Gasteiger charge is 2.39. The van der Waals surface area contributed by atoms with Crippen molar-refractivity contribution in [3.05, 3.63) is 164 Å². The van der Waals surface area contributed by atoms with Crippen LogP contribution in [-0.4, -0.2) is 179 Å². The molecular weight excluding hydrogens is 1100 g/mol. The molecule has 406 valence electrons. The summed E-state index contributed by atoms with van der Waals surface area (Å²) in [4.78, 5) is 92.4. The lowest BCUT2D eigenvalue weighted by Gasteiger charge is -2.48. The third-order valence-electron chi connectivity index (χ3n) is 14.9. The van der Waals surface area contributed by atoms with Crippen molar-refractivity contribution in [2.75, 3.05) is 78.5 Å². The van der Waals surface area contributed by atoms with E-state index in [0.29, 0.717) is 95.0 Å². The Kier molecular flexibility index (Phi) is 15.7. The summed E-state index contributed by atoms with van der Waals surface area (Å²) in [7, 11) is 0. The fourth-order valence-corrected chi connectivity index (χ4v) is 12.0. The van der Waals surface area contributed by atoms with E-state index in [4.69, 9.17) is 23.4 Å². The maximum atomic E-state index is 13.3. The molecule has 4 aromatic carbocycles. The van der Waals surface area contributed by atoms with E-state index in [1.165, 1.54) is 46.9 Å². The number of carbonyl (C=O) groups is 6. The summed E-state index contributed by atoms with van der Waals surface area (Å²) in [6.07, 6.45) is 7.57. The monoisotopic (exact) mass is 1150 g/mol.